The minimum Gasteiger partial charge on any atom is -0.508 e. The number of hydrogen-bond acceptors (Lipinski definition) is 4. The minimum absolute atomic E-state index is 0.135. The normalized spacial score (nSPS) is 26.8. The van der Waals surface area contributed by atoms with Crippen molar-refractivity contribution in [3.8, 4) is 5.75 Å². The van der Waals surface area contributed by atoms with Gasteiger partial charge in [0.2, 0.25) is 0 Å². The van der Waals surface area contributed by atoms with Gasteiger partial charge < -0.3 is 20.2 Å². The summed E-state index contributed by atoms with van der Waals surface area (Å²) in [6.45, 7) is 8.16. The summed E-state index contributed by atoms with van der Waals surface area (Å²) in [6.07, 6.45) is 3.38. The lowest BCUT2D eigenvalue weighted by Gasteiger charge is -2.45. The predicted octanol–water partition coefficient (Wildman–Crippen LogP) is 3.25. The van der Waals surface area contributed by atoms with E-state index in [2.05, 4.69) is 18.7 Å². The van der Waals surface area contributed by atoms with Crippen LogP contribution < -0.4 is 4.90 Å². The molecule has 0 bridgehead atoms. The van der Waals surface area contributed by atoms with Gasteiger partial charge in [0, 0.05) is 42.2 Å². The fraction of sp³-hybridized carbons (Fsp3) is 0.684. The summed E-state index contributed by atoms with van der Waals surface area (Å²) in [4.78, 5) is 2.31. The van der Waals surface area contributed by atoms with Gasteiger partial charge in [-0.05, 0) is 18.9 Å². The van der Waals surface area contributed by atoms with Gasteiger partial charge in [-0.25, -0.2) is 0 Å². The first-order chi connectivity index (χ1) is 11.0. The largest absolute Gasteiger partial charge is 0.508 e. The van der Waals surface area contributed by atoms with Gasteiger partial charge in [0.1, 0.15) is 5.75 Å². The highest BCUT2D eigenvalue weighted by Crippen LogP contribution is 2.45. The summed E-state index contributed by atoms with van der Waals surface area (Å²) < 4.78 is 0. The third kappa shape index (κ3) is 3.81. The number of anilines is 1. The van der Waals surface area contributed by atoms with Crippen molar-refractivity contribution in [2.45, 2.75) is 64.6 Å². The van der Waals surface area contributed by atoms with E-state index in [1.165, 1.54) is 0 Å². The second-order valence-corrected chi connectivity index (χ2v) is 6.80. The molecule has 23 heavy (non-hydrogen) atoms. The average Bonchev–Trinajstić information content (AvgIpc) is 2.56. The molecule has 1 fully saturated rings. The maximum Gasteiger partial charge on any atom is 0.121 e. The fourth-order valence-corrected chi connectivity index (χ4v) is 3.36. The molecule has 1 aromatic rings. The molecule has 0 spiro atoms. The lowest BCUT2D eigenvalue weighted by Crippen LogP contribution is -2.52. The fourth-order valence-electron chi connectivity index (χ4n) is 3.36. The van der Waals surface area contributed by atoms with Gasteiger partial charge in [-0.1, -0.05) is 39.7 Å². The molecule has 1 saturated carbocycles. The van der Waals surface area contributed by atoms with Gasteiger partial charge in [-0.15, -0.1) is 0 Å². The highest BCUT2D eigenvalue weighted by molar-refractivity contribution is 5.55. The smallest absolute Gasteiger partial charge is 0.121 e. The Bertz CT molecular complexity index is 487. The second-order valence-electron chi connectivity index (χ2n) is 6.80. The summed E-state index contributed by atoms with van der Waals surface area (Å²) in [6, 6.07) is 5.64. The number of phenolic OH excluding ortho intramolecular Hbond substituents is 1. The Morgan fingerprint density at radius 2 is 1.57 bits per heavy atom. The topological polar surface area (TPSA) is 63.9 Å². The van der Waals surface area contributed by atoms with Gasteiger partial charge in [0.15, 0.2) is 0 Å². The zero-order valence-corrected chi connectivity index (χ0v) is 14.6. The van der Waals surface area contributed by atoms with Crippen LogP contribution in [0, 0.1) is 5.92 Å². The van der Waals surface area contributed by atoms with Crippen molar-refractivity contribution in [3.63, 3.8) is 0 Å². The minimum atomic E-state index is -0.585. The van der Waals surface area contributed by atoms with E-state index >= 15 is 0 Å². The van der Waals surface area contributed by atoms with Crippen molar-refractivity contribution in [1.82, 2.24) is 0 Å². The third-order valence-electron chi connectivity index (χ3n) is 5.11. The van der Waals surface area contributed by atoms with E-state index in [1.807, 2.05) is 19.1 Å². The molecule has 0 heterocycles. The molecule has 0 saturated heterocycles. The molecular weight excluding hydrogens is 290 g/mol. The highest BCUT2D eigenvalue weighted by atomic mass is 16.3. The van der Waals surface area contributed by atoms with Gasteiger partial charge in [-0.2, -0.15) is 0 Å². The van der Waals surface area contributed by atoms with Crippen LogP contribution >= 0.6 is 0 Å². The number of rotatable bonds is 8. The van der Waals surface area contributed by atoms with E-state index in [1.54, 1.807) is 6.07 Å². The summed E-state index contributed by atoms with van der Waals surface area (Å²) in [5.74, 6) is -0.334. The Labute approximate surface area is 139 Å². The zero-order chi connectivity index (χ0) is 17.0. The van der Waals surface area contributed by atoms with Crippen LogP contribution in [0.4, 0.5) is 5.69 Å². The first kappa shape index (κ1) is 18.1. The molecular formula is C19H31NO3. The van der Waals surface area contributed by atoms with Crippen LogP contribution in [-0.4, -0.2) is 40.6 Å². The number of benzene rings is 1. The van der Waals surface area contributed by atoms with E-state index in [0.29, 0.717) is 5.56 Å². The van der Waals surface area contributed by atoms with Gasteiger partial charge >= 0.3 is 0 Å². The summed E-state index contributed by atoms with van der Waals surface area (Å²) >= 11 is 0. The van der Waals surface area contributed by atoms with Crippen molar-refractivity contribution >= 4 is 5.69 Å². The van der Waals surface area contributed by atoms with Crippen molar-refractivity contribution in [2.75, 3.05) is 18.0 Å². The van der Waals surface area contributed by atoms with Crippen LogP contribution in [0.1, 0.15) is 57.9 Å². The molecule has 1 aliphatic carbocycles. The van der Waals surface area contributed by atoms with E-state index < -0.39 is 12.2 Å². The van der Waals surface area contributed by atoms with Crippen LogP contribution in [0.3, 0.4) is 0 Å². The number of aliphatic hydroxyl groups excluding tert-OH is 2. The quantitative estimate of drug-likeness (QED) is 0.688. The maximum atomic E-state index is 10.4. The van der Waals surface area contributed by atoms with Crippen LogP contribution in [0.2, 0.25) is 0 Å². The molecule has 2 rings (SSSR count). The molecule has 0 radical (unpaired) electrons. The predicted molar refractivity (Wildman–Crippen MR) is 94.1 cm³/mol. The van der Waals surface area contributed by atoms with Crippen LogP contribution in [0.25, 0.3) is 0 Å². The molecule has 3 N–H and O–H groups in total. The van der Waals surface area contributed by atoms with E-state index in [9.17, 15) is 15.3 Å². The standard InChI is InChI=1S/C19H31NO3/c1-4-6-10-20(11-7-5-2)14-8-9-15(16(21)12-14)17-18(22)13(3)19(17)23/h8-9,12-13,17-19,21-23H,4-7,10-11H2,1-3H3. The molecule has 4 nitrogen and oxygen atoms in total. The number of nitrogens with zero attached hydrogens (tertiary/aromatic N) is 1. The molecule has 0 aliphatic heterocycles. The number of aliphatic hydroxyl groups is 2. The second kappa shape index (κ2) is 8.02. The summed E-state index contributed by atoms with van der Waals surface area (Å²) in [5.41, 5.74) is 1.67. The van der Waals surface area contributed by atoms with E-state index in [-0.39, 0.29) is 17.6 Å². The van der Waals surface area contributed by atoms with E-state index in [4.69, 9.17) is 0 Å². The molecule has 4 heteroatoms. The number of hydrogen-bond donors (Lipinski definition) is 3. The Kier molecular flexibility index (Phi) is 6.31. The Hall–Kier alpha value is -1.26. The SMILES string of the molecule is CCCCN(CCCC)c1ccc(C2C(O)C(C)C2O)c(O)c1. The first-order valence-electron chi connectivity index (χ1n) is 8.95. The molecule has 2 atom stereocenters. The molecule has 1 aromatic carbocycles. The van der Waals surface area contributed by atoms with Gasteiger partial charge in [-0.3, -0.25) is 0 Å². The number of phenols is 1. The lowest BCUT2D eigenvalue weighted by atomic mass is 9.66. The van der Waals surface area contributed by atoms with Crippen LogP contribution in [0.5, 0.6) is 5.75 Å². The zero-order valence-electron chi connectivity index (χ0n) is 14.6. The van der Waals surface area contributed by atoms with Crippen molar-refractivity contribution in [2.24, 2.45) is 5.92 Å². The summed E-state index contributed by atoms with van der Waals surface area (Å²) in [7, 11) is 0. The van der Waals surface area contributed by atoms with E-state index in [0.717, 1.165) is 44.5 Å². The van der Waals surface area contributed by atoms with Crippen LogP contribution in [-0.2, 0) is 0 Å². The maximum absolute atomic E-state index is 10.4. The molecule has 0 aromatic heterocycles. The molecule has 1 aliphatic rings. The Morgan fingerprint density at radius 3 is 2.04 bits per heavy atom. The Morgan fingerprint density at radius 1 is 1.00 bits per heavy atom. The average molecular weight is 321 g/mol. The van der Waals surface area contributed by atoms with Gasteiger partial charge in [0.25, 0.3) is 0 Å². The summed E-state index contributed by atoms with van der Waals surface area (Å²) in [5, 5.41) is 30.5. The monoisotopic (exact) mass is 321 g/mol. The van der Waals surface area contributed by atoms with Crippen molar-refractivity contribution in [1.29, 1.82) is 0 Å². The first-order valence-corrected chi connectivity index (χ1v) is 8.95. The number of aromatic hydroxyl groups is 1. The molecule has 130 valence electrons. The molecule has 0 amide bonds. The van der Waals surface area contributed by atoms with Crippen molar-refractivity contribution < 1.29 is 15.3 Å². The van der Waals surface area contributed by atoms with Crippen molar-refractivity contribution in [3.05, 3.63) is 23.8 Å². The Balaban J connectivity index is 2.16. The lowest BCUT2D eigenvalue weighted by molar-refractivity contribution is -0.108. The third-order valence-corrected chi connectivity index (χ3v) is 5.11. The highest BCUT2D eigenvalue weighted by Gasteiger charge is 2.47. The van der Waals surface area contributed by atoms with Crippen LogP contribution in [0.15, 0.2) is 18.2 Å². The number of unbranched alkanes of at least 4 members (excludes halogenated alkanes) is 2. The molecule has 2 unspecified atom stereocenters. The van der Waals surface area contributed by atoms with Gasteiger partial charge in [0.05, 0.1) is 12.2 Å².